The van der Waals surface area contributed by atoms with Gasteiger partial charge in [-0.05, 0) is 0 Å². The lowest BCUT2D eigenvalue weighted by Crippen LogP contribution is -2.44. The zero-order valence-electron chi connectivity index (χ0n) is 6.17. The van der Waals surface area contributed by atoms with E-state index in [0.29, 0.717) is 6.29 Å². The molecule has 5 nitrogen and oxygen atoms in total. The number of carbonyl (C=O) groups is 1. The van der Waals surface area contributed by atoms with E-state index in [1.54, 1.807) is 0 Å². The van der Waals surface area contributed by atoms with Gasteiger partial charge in [0, 0.05) is 0 Å². The summed E-state index contributed by atoms with van der Waals surface area (Å²) in [6.45, 7) is -0.670. The van der Waals surface area contributed by atoms with Crippen LogP contribution >= 0.6 is 15.9 Å². The molecule has 72 valence electrons. The number of hydrogen-bond donors (Lipinski definition) is 4. The van der Waals surface area contributed by atoms with Crippen molar-refractivity contribution >= 4 is 22.2 Å². The molecule has 0 radical (unpaired) electrons. The first-order valence-corrected chi connectivity index (χ1v) is 4.20. The van der Waals surface area contributed by atoms with Gasteiger partial charge < -0.3 is 25.2 Å². The van der Waals surface area contributed by atoms with Gasteiger partial charge in [0.1, 0.15) is 24.6 Å². The normalized spacial score (nSPS) is 21.1. The van der Waals surface area contributed by atoms with Gasteiger partial charge in [0.05, 0.1) is 11.4 Å². The van der Waals surface area contributed by atoms with Crippen molar-refractivity contribution in [3.05, 3.63) is 0 Å². The molecule has 0 saturated carbocycles. The molecule has 0 aromatic heterocycles. The molecular formula is C6H11BrO5. The van der Waals surface area contributed by atoms with Crippen LogP contribution in [0.25, 0.3) is 0 Å². The van der Waals surface area contributed by atoms with Crippen molar-refractivity contribution in [2.45, 2.75) is 23.1 Å². The molecule has 12 heavy (non-hydrogen) atoms. The first kappa shape index (κ1) is 12.0. The molecule has 0 heterocycles. The Bertz CT molecular complexity index is 142. The number of hydrogen-bond acceptors (Lipinski definition) is 5. The molecule has 0 bridgehead atoms. The smallest absolute Gasteiger partial charge is 0.136 e. The van der Waals surface area contributed by atoms with Crippen LogP contribution in [-0.4, -0.2) is 56.5 Å². The largest absolute Gasteiger partial charge is 0.394 e. The first-order chi connectivity index (χ1) is 5.54. The molecule has 6 heteroatoms. The van der Waals surface area contributed by atoms with Crippen LogP contribution in [0.4, 0.5) is 0 Å². The van der Waals surface area contributed by atoms with E-state index in [-0.39, 0.29) is 0 Å². The van der Waals surface area contributed by atoms with Crippen molar-refractivity contribution in [3.63, 3.8) is 0 Å². The van der Waals surface area contributed by atoms with Gasteiger partial charge in [0.25, 0.3) is 0 Å². The summed E-state index contributed by atoms with van der Waals surface area (Å²) < 4.78 is 0. The standard InChI is InChI=1S/C6H11BrO5/c7-3(1-8)5(11)6(12)4(10)2-9/h1,3-6,9-12H,2H2. The number of aliphatic hydroxyl groups is 4. The van der Waals surface area contributed by atoms with Gasteiger partial charge in [-0.1, -0.05) is 15.9 Å². The summed E-state index contributed by atoms with van der Waals surface area (Å²) >= 11 is 2.77. The van der Waals surface area contributed by atoms with Crippen molar-refractivity contribution < 1.29 is 25.2 Å². The summed E-state index contributed by atoms with van der Waals surface area (Å²) in [6, 6.07) is 0. The number of halogens is 1. The van der Waals surface area contributed by atoms with E-state index >= 15 is 0 Å². The maximum absolute atomic E-state index is 10.1. The summed E-state index contributed by atoms with van der Waals surface area (Å²) in [6.07, 6.45) is -4.02. The Morgan fingerprint density at radius 3 is 2.08 bits per heavy atom. The fourth-order valence-electron chi connectivity index (χ4n) is 0.604. The molecule has 0 rings (SSSR count). The Hall–Kier alpha value is -0.0100. The second-order valence-electron chi connectivity index (χ2n) is 2.31. The van der Waals surface area contributed by atoms with Crippen LogP contribution in [0, 0.1) is 0 Å². The van der Waals surface area contributed by atoms with E-state index in [0.717, 1.165) is 0 Å². The highest BCUT2D eigenvalue weighted by atomic mass is 79.9. The average Bonchev–Trinajstić information content (AvgIpc) is 2.12. The molecule has 0 aliphatic carbocycles. The van der Waals surface area contributed by atoms with E-state index in [2.05, 4.69) is 15.9 Å². The van der Waals surface area contributed by atoms with Gasteiger partial charge in [-0.15, -0.1) is 0 Å². The van der Waals surface area contributed by atoms with E-state index in [1.165, 1.54) is 0 Å². The molecule has 0 aromatic carbocycles. The second kappa shape index (κ2) is 5.60. The third-order valence-electron chi connectivity index (χ3n) is 1.39. The second-order valence-corrected chi connectivity index (χ2v) is 3.37. The summed E-state index contributed by atoms with van der Waals surface area (Å²) in [5.74, 6) is 0. The average molecular weight is 243 g/mol. The molecule has 0 aromatic rings. The van der Waals surface area contributed by atoms with Crippen molar-refractivity contribution in [1.29, 1.82) is 0 Å². The SMILES string of the molecule is O=CC(Br)C(O)C(O)C(O)CO. The lowest BCUT2D eigenvalue weighted by atomic mass is 10.1. The molecule has 4 atom stereocenters. The van der Waals surface area contributed by atoms with E-state index < -0.39 is 29.7 Å². The highest BCUT2D eigenvalue weighted by molar-refractivity contribution is 9.10. The summed E-state index contributed by atoms with van der Waals surface area (Å²) in [5, 5.41) is 35.4. The molecule has 4 N–H and O–H groups in total. The van der Waals surface area contributed by atoms with Gasteiger partial charge in [-0.25, -0.2) is 0 Å². The minimum atomic E-state index is -1.54. The Morgan fingerprint density at radius 2 is 1.75 bits per heavy atom. The lowest BCUT2D eigenvalue weighted by Gasteiger charge is -2.22. The summed E-state index contributed by atoms with van der Waals surface area (Å²) in [7, 11) is 0. The number of aliphatic hydroxyl groups excluding tert-OH is 4. The predicted octanol–water partition coefficient (Wildman–Crippen LogP) is -1.98. The fourth-order valence-corrected chi connectivity index (χ4v) is 0.917. The highest BCUT2D eigenvalue weighted by Crippen LogP contribution is 2.09. The van der Waals surface area contributed by atoms with Crippen LogP contribution in [0.1, 0.15) is 0 Å². The third kappa shape index (κ3) is 3.16. The third-order valence-corrected chi connectivity index (χ3v) is 2.14. The minimum Gasteiger partial charge on any atom is -0.394 e. The van der Waals surface area contributed by atoms with Crippen LogP contribution in [0.15, 0.2) is 0 Å². The number of rotatable bonds is 5. The van der Waals surface area contributed by atoms with Crippen molar-refractivity contribution in [2.24, 2.45) is 0 Å². The van der Waals surface area contributed by atoms with Crippen molar-refractivity contribution in [3.8, 4) is 0 Å². The van der Waals surface area contributed by atoms with Gasteiger partial charge in [-0.3, -0.25) is 0 Å². The van der Waals surface area contributed by atoms with Gasteiger partial charge in [0.2, 0.25) is 0 Å². The van der Waals surface area contributed by atoms with E-state index in [1.807, 2.05) is 0 Å². The van der Waals surface area contributed by atoms with E-state index in [9.17, 15) is 4.79 Å². The topological polar surface area (TPSA) is 98.0 Å². The molecule has 0 amide bonds. The molecule has 0 fully saturated rings. The predicted molar refractivity (Wildman–Crippen MR) is 43.9 cm³/mol. The Kier molecular flexibility index (Phi) is 5.60. The maximum atomic E-state index is 10.1. The molecule has 0 saturated heterocycles. The monoisotopic (exact) mass is 242 g/mol. The molecule has 0 aliphatic heterocycles. The first-order valence-electron chi connectivity index (χ1n) is 3.29. The molecule has 0 spiro atoms. The lowest BCUT2D eigenvalue weighted by molar-refractivity contribution is -0.113. The molecule has 0 aliphatic rings. The van der Waals surface area contributed by atoms with Crippen LogP contribution in [0.2, 0.25) is 0 Å². The maximum Gasteiger partial charge on any atom is 0.136 e. The highest BCUT2D eigenvalue weighted by Gasteiger charge is 2.29. The fraction of sp³-hybridized carbons (Fsp3) is 0.833. The Balaban J connectivity index is 4.07. The van der Waals surface area contributed by atoms with Gasteiger partial charge >= 0.3 is 0 Å². The van der Waals surface area contributed by atoms with Crippen molar-refractivity contribution in [1.82, 2.24) is 0 Å². The zero-order valence-corrected chi connectivity index (χ0v) is 7.75. The molecule has 4 unspecified atom stereocenters. The number of aldehydes is 1. The van der Waals surface area contributed by atoms with Gasteiger partial charge in [-0.2, -0.15) is 0 Å². The Labute approximate surface area is 77.8 Å². The minimum absolute atomic E-state index is 0.387. The number of carbonyl (C=O) groups excluding carboxylic acids is 1. The molecular weight excluding hydrogens is 232 g/mol. The summed E-state index contributed by atoms with van der Waals surface area (Å²) in [4.78, 5) is 9.15. The van der Waals surface area contributed by atoms with Crippen LogP contribution in [0.3, 0.4) is 0 Å². The quantitative estimate of drug-likeness (QED) is 0.331. The zero-order chi connectivity index (χ0) is 9.72. The van der Waals surface area contributed by atoms with Crippen molar-refractivity contribution in [2.75, 3.05) is 6.61 Å². The van der Waals surface area contributed by atoms with Crippen LogP contribution < -0.4 is 0 Å². The Morgan fingerprint density at radius 1 is 1.25 bits per heavy atom. The number of alkyl halides is 1. The summed E-state index contributed by atoms with van der Waals surface area (Å²) in [5.41, 5.74) is 0. The van der Waals surface area contributed by atoms with Gasteiger partial charge in [0.15, 0.2) is 0 Å². The van der Waals surface area contributed by atoms with Crippen LogP contribution in [-0.2, 0) is 4.79 Å². The van der Waals surface area contributed by atoms with Crippen LogP contribution in [0.5, 0.6) is 0 Å². The van der Waals surface area contributed by atoms with E-state index in [4.69, 9.17) is 20.4 Å².